The van der Waals surface area contributed by atoms with Crippen molar-refractivity contribution in [1.82, 2.24) is 9.88 Å². The molecule has 148 valence electrons. The van der Waals surface area contributed by atoms with E-state index in [0.717, 1.165) is 16.7 Å². The van der Waals surface area contributed by atoms with Gasteiger partial charge in [0, 0.05) is 12.1 Å². The van der Waals surface area contributed by atoms with Crippen molar-refractivity contribution in [3.63, 3.8) is 0 Å². The summed E-state index contributed by atoms with van der Waals surface area (Å²) in [6.07, 6.45) is 0.554. The Morgan fingerprint density at radius 3 is 2.20 bits per heavy atom. The Morgan fingerprint density at radius 1 is 0.833 bits per heavy atom. The molecule has 2 amide bonds. The molecule has 6 heteroatoms. The molecule has 6 nitrogen and oxygen atoms in total. The number of hydrogen-bond acceptors (Lipinski definition) is 5. The molecule has 0 N–H and O–H groups in total. The molecule has 0 unspecified atom stereocenters. The molecular formula is C24H18N2O4. The van der Waals surface area contributed by atoms with E-state index in [1.807, 2.05) is 48.5 Å². The molecule has 4 aromatic rings. The van der Waals surface area contributed by atoms with Gasteiger partial charge in [0.2, 0.25) is 5.89 Å². The number of oxazole rings is 1. The van der Waals surface area contributed by atoms with Crippen LogP contribution in [0.25, 0.3) is 22.6 Å². The predicted molar refractivity (Wildman–Crippen MR) is 111 cm³/mol. The molecule has 30 heavy (non-hydrogen) atoms. The van der Waals surface area contributed by atoms with Crippen LogP contribution in [-0.4, -0.2) is 34.8 Å². The number of imide groups is 1. The van der Waals surface area contributed by atoms with Gasteiger partial charge in [0.15, 0.2) is 5.58 Å². The van der Waals surface area contributed by atoms with Crippen molar-refractivity contribution in [3.05, 3.63) is 83.9 Å². The molecule has 1 aliphatic rings. The number of carbonyl (C=O) groups excluding carboxylic acids is 2. The molecule has 1 aliphatic heterocycles. The summed E-state index contributed by atoms with van der Waals surface area (Å²) in [5, 5.41) is 0. The molecule has 1 aromatic heterocycles. The molecule has 0 aliphatic carbocycles. The van der Waals surface area contributed by atoms with E-state index in [4.69, 9.17) is 9.15 Å². The number of carbonyl (C=O) groups is 2. The lowest BCUT2D eigenvalue weighted by Crippen LogP contribution is -2.31. The van der Waals surface area contributed by atoms with Gasteiger partial charge in [0.05, 0.1) is 17.7 Å². The van der Waals surface area contributed by atoms with Gasteiger partial charge < -0.3 is 9.15 Å². The number of fused-ring (bicyclic) bond motifs is 2. The van der Waals surface area contributed by atoms with E-state index in [1.165, 1.54) is 4.90 Å². The monoisotopic (exact) mass is 398 g/mol. The maximum atomic E-state index is 12.4. The lowest BCUT2D eigenvalue weighted by Gasteiger charge is -2.14. The Labute approximate surface area is 172 Å². The minimum absolute atomic E-state index is 0.238. The van der Waals surface area contributed by atoms with Crippen LogP contribution in [0.3, 0.4) is 0 Å². The molecule has 0 fully saturated rings. The first kappa shape index (κ1) is 18.1. The van der Waals surface area contributed by atoms with Gasteiger partial charge in [-0.15, -0.1) is 0 Å². The molecule has 0 saturated carbocycles. The van der Waals surface area contributed by atoms with Crippen LogP contribution < -0.4 is 4.74 Å². The zero-order chi connectivity index (χ0) is 20.5. The number of ether oxygens (including phenoxy) is 1. The van der Waals surface area contributed by atoms with Gasteiger partial charge >= 0.3 is 0 Å². The average molecular weight is 398 g/mol. The zero-order valence-electron chi connectivity index (χ0n) is 16.1. The molecule has 0 radical (unpaired) electrons. The Bertz CT molecular complexity index is 1180. The molecule has 0 atom stereocenters. The number of hydrogen-bond donors (Lipinski definition) is 0. The highest BCUT2D eigenvalue weighted by atomic mass is 16.5. The molecule has 5 rings (SSSR count). The topological polar surface area (TPSA) is 72.6 Å². The number of nitrogens with zero attached hydrogens (tertiary/aromatic N) is 2. The normalized spacial score (nSPS) is 13.1. The van der Waals surface area contributed by atoms with Crippen LogP contribution >= 0.6 is 0 Å². The van der Waals surface area contributed by atoms with E-state index in [-0.39, 0.29) is 11.8 Å². The minimum atomic E-state index is -0.238. The van der Waals surface area contributed by atoms with Crippen LogP contribution in [0.5, 0.6) is 5.75 Å². The number of rotatable bonds is 6. The fraction of sp³-hybridized carbons (Fsp3) is 0.125. The van der Waals surface area contributed by atoms with E-state index in [1.54, 1.807) is 24.3 Å². The third-order valence-electron chi connectivity index (χ3n) is 5.07. The van der Waals surface area contributed by atoms with E-state index in [2.05, 4.69) is 4.98 Å². The van der Waals surface area contributed by atoms with Crippen LogP contribution in [0.15, 0.2) is 77.2 Å². The highest BCUT2D eigenvalue weighted by Gasteiger charge is 2.34. The summed E-state index contributed by atoms with van der Waals surface area (Å²) in [5.41, 5.74) is 3.38. The summed E-state index contributed by atoms with van der Waals surface area (Å²) < 4.78 is 11.5. The number of aromatic nitrogens is 1. The van der Waals surface area contributed by atoms with Crippen LogP contribution in [0.4, 0.5) is 0 Å². The second-order valence-corrected chi connectivity index (χ2v) is 7.02. The Morgan fingerprint density at radius 2 is 1.50 bits per heavy atom. The smallest absolute Gasteiger partial charge is 0.261 e. The fourth-order valence-corrected chi connectivity index (χ4v) is 3.54. The van der Waals surface area contributed by atoms with Gasteiger partial charge in [-0.25, -0.2) is 4.98 Å². The molecule has 3 aromatic carbocycles. The van der Waals surface area contributed by atoms with E-state index < -0.39 is 0 Å². The molecule has 2 heterocycles. The molecule has 0 bridgehead atoms. The highest BCUT2D eigenvalue weighted by molar-refractivity contribution is 6.21. The standard InChI is InChI=1S/C24H18N2O4/c27-23-18-6-1-2-7-19(18)24(28)26(23)14-5-15-29-17-12-10-16(11-13-17)22-25-20-8-3-4-9-21(20)30-22/h1-4,6-13H,5,14-15H2. The van der Waals surface area contributed by atoms with E-state index in [0.29, 0.717) is 42.3 Å². The SMILES string of the molecule is O=C1c2ccccc2C(=O)N1CCCOc1ccc(-c2nc3ccccc3o2)cc1. The van der Waals surface area contributed by atoms with Gasteiger partial charge in [0.25, 0.3) is 11.8 Å². The van der Waals surface area contributed by atoms with Crippen molar-refractivity contribution in [3.8, 4) is 17.2 Å². The van der Waals surface area contributed by atoms with Gasteiger partial charge in [-0.3, -0.25) is 14.5 Å². The molecular weight excluding hydrogens is 380 g/mol. The lowest BCUT2D eigenvalue weighted by molar-refractivity contribution is 0.0646. The van der Waals surface area contributed by atoms with Crippen LogP contribution in [-0.2, 0) is 0 Å². The Hall–Kier alpha value is -3.93. The second-order valence-electron chi connectivity index (χ2n) is 7.02. The Kier molecular flexibility index (Phi) is 4.52. The molecule has 0 saturated heterocycles. The first-order valence-electron chi connectivity index (χ1n) is 9.75. The van der Waals surface area contributed by atoms with Crippen LogP contribution in [0, 0.1) is 0 Å². The summed E-state index contributed by atoms with van der Waals surface area (Å²) in [7, 11) is 0. The largest absolute Gasteiger partial charge is 0.494 e. The van der Waals surface area contributed by atoms with Crippen molar-refractivity contribution in [2.24, 2.45) is 0 Å². The van der Waals surface area contributed by atoms with Crippen molar-refractivity contribution in [1.29, 1.82) is 0 Å². The lowest BCUT2D eigenvalue weighted by atomic mass is 10.1. The first-order valence-corrected chi connectivity index (χ1v) is 9.75. The number of benzene rings is 3. The van der Waals surface area contributed by atoms with Gasteiger partial charge in [0.1, 0.15) is 11.3 Å². The van der Waals surface area contributed by atoms with E-state index >= 15 is 0 Å². The van der Waals surface area contributed by atoms with Gasteiger partial charge in [-0.1, -0.05) is 24.3 Å². The predicted octanol–water partition coefficient (Wildman–Crippen LogP) is 4.56. The quantitative estimate of drug-likeness (QED) is 0.352. The number of para-hydroxylation sites is 2. The first-order chi connectivity index (χ1) is 14.7. The fourth-order valence-electron chi connectivity index (χ4n) is 3.54. The zero-order valence-corrected chi connectivity index (χ0v) is 16.1. The van der Waals surface area contributed by atoms with Crippen molar-refractivity contribution in [2.45, 2.75) is 6.42 Å². The maximum absolute atomic E-state index is 12.4. The summed E-state index contributed by atoms with van der Waals surface area (Å²) in [6.45, 7) is 0.725. The molecule has 0 spiro atoms. The second kappa shape index (κ2) is 7.48. The van der Waals surface area contributed by atoms with Crippen molar-refractivity contribution >= 4 is 22.9 Å². The minimum Gasteiger partial charge on any atom is -0.494 e. The van der Waals surface area contributed by atoms with Crippen LogP contribution in [0.1, 0.15) is 27.1 Å². The summed E-state index contributed by atoms with van der Waals surface area (Å²) in [5.74, 6) is 0.794. The van der Waals surface area contributed by atoms with Gasteiger partial charge in [-0.05, 0) is 55.0 Å². The van der Waals surface area contributed by atoms with Crippen molar-refractivity contribution in [2.75, 3.05) is 13.2 Å². The third kappa shape index (κ3) is 3.22. The van der Waals surface area contributed by atoms with Crippen molar-refractivity contribution < 1.29 is 18.7 Å². The van der Waals surface area contributed by atoms with Crippen LogP contribution in [0.2, 0.25) is 0 Å². The Balaban J connectivity index is 1.17. The van der Waals surface area contributed by atoms with Gasteiger partial charge in [-0.2, -0.15) is 0 Å². The average Bonchev–Trinajstić information content (AvgIpc) is 3.32. The summed E-state index contributed by atoms with van der Waals surface area (Å²) in [6, 6.07) is 22.0. The van der Waals surface area contributed by atoms with E-state index in [9.17, 15) is 9.59 Å². The number of amides is 2. The summed E-state index contributed by atoms with van der Waals surface area (Å²) in [4.78, 5) is 30.5. The maximum Gasteiger partial charge on any atom is 0.261 e. The third-order valence-corrected chi connectivity index (χ3v) is 5.07. The summed E-state index contributed by atoms with van der Waals surface area (Å²) >= 11 is 0. The highest BCUT2D eigenvalue weighted by Crippen LogP contribution is 2.26.